The van der Waals surface area contributed by atoms with Crippen LogP contribution >= 0.6 is 15.9 Å². The van der Waals surface area contributed by atoms with Crippen LogP contribution in [0, 0.1) is 5.92 Å². The summed E-state index contributed by atoms with van der Waals surface area (Å²) in [5.74, 6) is 0.351. The smallest absolute Gasteiger partial charge is 0.397 e. The maximum absolute atomic E-state index is 12.3. The summed E-state index contributed by atoms with van der Waals surface area (Å²) in [7, 11) is 0. The van der Waals surface area contributed by atoms with Crippen molar-refractivity contribution in [1.82, 2.24) is 4.98 Å². The van der Waals surface area contributed by atoms with Crippen LogP contribution in [0.5, 0.6) is 6.08 Å². The normalized spacial score (nSPS) is 11.3. The molecule has 0 unspecified atom stereocenters. The van der Waals surface area contributed by atoms with Crippen molar-refractivity contribution in [3.05, 3.63) is 34.2 Å². The van der Waals surface area contributed by atoms with E-state index in [1.807, 2.05) is 32.0 Å². The van der Waals surface area contributed by atoms with Crippen LogP contribution in [0.1, 0.15) is 38.7 Å². The summed E-state index contributed by atoms with van der Waals surface area (Å²) in [6.07, 6.45) is 4.25. The quantitative estimate of drug-likeness (QED) is 0.514. The first-order valence-corrected chi connectivity index (χ1v) is 8.85. The van der Waals surface area contributed by atoms with Gasteiger partial charge in [0.05, 0.1) is 17.5 Å². The Hall–Kier alpha value is -1.36. The molecule has 120 valence electrons. The van der Waals surface area contributed by atoms with Crippen molar-refractivity contribution in [2.24, 2.45) is 5.92 Å². The maximum Gasteiger partial charge on any atom is 0.397 e. The van der Waals surface area contributed by atoms with Gasteiger partial charge in [0.15, 0.2) is 0 Å². The molecule has 2 aromatic rings. The zero-order valence-electron chi connectivity index (χ0n) is 13.1. The molecule has 0 radical (unpaired) electrons. The van der Waals surface area contributed by atoms with Crippen molar-refractivity contribution >= 4 is 26.8 Å². The predicted octanol–water partition coefficient (Wildman–Crippen LogP) is 4.33. The highest BCUT2D eigenvalue weighted by molar-refractivity contribution is 9.09. The van der Waals surface area contributed by atoms with Gasteiger partial charge in [-0.05, 0) is 36.8 Å². The molecule has 2 rings (SSSR count). The van der Waals surface area contributed by atoms with Crippen LogP contribution in [0.4, 0.5) is 0 Å². The van der Waals surface area contributed by atoms with E-state index in [9.17, 15) is 4.79 Å². The molecule has 4 nitrogen and oxygen atoms in total. The number of aryl methyl sites for hydroxylation is 1. The van der Waals surface area contributed by atoms with Crippen molar-refractivity contribution in [1.29, 1.82) is 0 Å². The average molecular weight is 368 g/mol. The number of ether oxygens (including phenoxy) is 1. The van der Waals surface area contributed by atoms with Gasteiger partial charge in [0.25, 0.3) is 0 Å². The van der Waals surface area contributed by atoms with Crippen LogP contribution in [-0.2, 0) is 6.42 Å². The van der Waals surface area contributed by atoms with Gasteiger partial charge in [0.1, 0.15) is 0 Å². The fourth-order valence-corrected chi connectivity index (χ4v) is 2.66. The van der Waals surface area contributed by atoms with E-state index in [4.69, 9.17) is 9.15 Å². The summed E-state index contributed by atoms with van der Waals surface area (Å²) in [6.45, 7) is 4.54. The van der Waals surface area contributed by atoms with E-state index < -0.39 is 0 Å². The number of aromatic nitrogens is 1. The van der Waals surface area contributed by atoms with Gasteiger partial charge in [-0.2, -0.15) is 4.98 Å². The van der Waals surface area contributed by atoms with Crippen molar-refractivity contribution in [3.63, 3.8) is 0 Å². The minimum Gasteiger partial charge on any atom is -0.450 e. The molecule has 0 aliphatic heterocycles. The van der Waals surface area contributed by atoms with E-state index in [0.29, 0.717) is 23.4 Å². The number of fused-ring (bicyclic) bond motifs is 1. The van der Waals surface area contributed by atoms with Gasteiger partial charge < -0.3 is 9.15 Å². The first-order valence-electron chi connectivity index (χ1n) is 7.73. The number of alkyl halides is 1. The van der Waals surface area contributed by atoms with E-state index in [0.717, 1.165) is 36.6 Å². The molecule has 1 heterocycles. The Morgan fingerprint density at radius 2 is 2.09 bits per heavy atom. The Morgan fingerprint density at radius 1 is 1.27 bits per heavy atom. The predicted molar refractivity (Wildman–Crippen MR) is 92.0 cm³/mol. The minimum atomic E-state index is -0.361. The Kier molecular flexibility index (Phi) is 6.43. The lowest BCUT2D eigenvalue weighted by atomic mass is 10.0. The molecule has 0 saturated carbocycles. The summed E-state index contributed by atoms with van der Waals surface area (Å²) in [5, 5.41) is 1.60. The summed E-state index contributed by atoms with van der Waals surface area (Å²) < 4.78 is 10.6. The molecule has 0 spiro atoms. The van der Waals surface area contributed by atoms with Crippen molar-refractivity contribution in [2.45, 2.75) is 39.5 Å². The van der Waals surface area contributed by atoms with Gasteiger partial charge in [-0.3, -0.25) is 0 Å². The third kappa shape index (κ3) is 4.57. The fraction of sp³-hybridized carbons (Fsp3) is 0.529. The molecule has 0 saturated heterocycles. The average Bonchev–Trinajstić information content (AvgIpc) is 2.49. The standard InChI is InChI=1S/C17H22BrNO3/c1-12(2)11-21-17-19-14-9-6-8-13(7-4-3-5-10-18)15(14)16(20)22-17/h6,8-9,12H,3-5,7,10-11H2,1-2H3. The van der Waals surface area contributed by atoms with Crippen molar-refractivity contribution in [2.75, 3.05) is 11.9 Å². The van der Waals surface area contributed by atoms with Crippen LogP contribution in [-0.4, -0.2) is 16.9 Å². The number of unbranched alkanes of at least 4 members (excludes halogenated alkanes) is 2. The maximum atomic E-state index is 12.3. The first-order chi connectivity index (χ1) is 10.6. The summed E-state index contributed by atoms with van der Waals surface area (Å²) in [4.78, 5) is 16.6. The summed E-state index contributed by atoms with van der Waals surface area (Å²) in [6, 6.07) is 5.74. The number of nitrogens with zero attached hydrogens (tertiary/aromatic N) is 1. The topological polar surface area (TPSA) is 52.3 Å². The molecular formula is C17H22BrNO3. The SMILES string of the molecule is CC(C)COc1nc2cccc(CCCCCBr)c2c(=O)o1. The lowest BCUT2D eigenvalue weighted by Gasteiger charge is -2.08. The van der Waals surface area contributed by atoms with Crippen LogP contribution < -0.4 is 10.4 Å². The molecule has 0 N–H and O–H groups in total. The molecule has 0 amide bonds. The molecule has 0 fully saturated rings. The van der Waals surface area contributed by atoms with E-state index in [2.05, 4.69) is 20.9 Å². The second-order valence-electron chi connectivity index (χ2n) is 5.78. The van der Waals surface area contributed by atoms with Gasteiger partial charge in [-0.15, -0.1) is 0 Å². The number of halogens is 1. The Balaban J connectivity index is 2.23. The number of benzene rings is 1. The number of hydrogen-bond donors (Lipinski definition) is 0. The highest BCUT2D eigenvalue weighted by Crippen LogP contribution is 2.19. The molecule has 5 heteroatoms. The molecule has 1 aromatic heterocycles. The van der Waals surface area contributed by atoms with E-state index in [-0.39, 0.29) is 11.7 Å². The van der Waals surface area contributed by atoms with E-state index in [1.165, 1.54) is 0 Å². The molecular weight excluding hydrogens is 346 g/mol. The third-order valence-electron chi connectivity index (χ3n) is 3.34. The van der Waals surface area contributed by atoms with Crippen LogP contribution in [0.3, 0.4) is 0 Å². The molecule has 0 aliphatic carbocycles. The van der Waals surface area contributed by atoms with Gasteiger partial charge in [0.2, 0.25) is 0 Å². The molecule has 1 aromatic carbocycles. The Morgan fingerprint density at radius 3 is 2.82 bits per heavy atom. The molecule has 22 heavy (non-hydrogen) atoms. The van der Waals surface area contributed by atoms with E-state index in [1.54, 1.807) is 0 Å². The first kappa shape index (κ1) is 17.0. The Bertz CT molecular complexity index is 666. The molecule has 0 atom stereocenters. The lowest BCUT2D eigenvalue weighted by molar-refractivity contribution is 0.191. The Labute approximate surface area is 139 Å². The largest absolute Gasteiger partial charge is 0.450 e. The van der Waals surface area contributed by atoms with Crippen molar-refractivity contribution in [3.8, 4) is 6.08 Å². The number of rotatable bonds is 8. The summed E-state index contributed by atoms with van der Waals surface area (Å²) in [5.41, 5.74) is 1.29. The van der Waals surface area contributed by atoms with Crippen molar-refractivity contribution < 1.29 is 9.15 Å². The fourth-order valence-electron chi connectivity index (χ4n) is 2.26. The highest BCUT2D eigenvalue weighted by atomic mass is 79.9. The van der Waals surface area contributed by atoms with Crippen LogP contribution in [0.15, 0.2) is 27.4 Å². The zero-order chi connectivity index (χ0) is 15.9. The number of hydrogen-bond acceptors (Lipinski definition) is 4. The third-order valence-corrected chi connectivity index (χ3v) is 3.91. The van der Waals surface area contributed by atoms with Gasteiger partial charge >= 0.3 is 11.7 Å². The van der Waals surface area contributed by atoms with Crippen LogP contribution in [0.25, 0.3) is 10.9 Å². The lowest BCUT2D eigenvalue weighted by Crippen LogP contribution is -2.10. The zero-order valence-corrected chi connectivity index (χ0v) is 14.7. The van der Waals surface area contributed by atoms with Gasteiger partial charge in [0, 0.05) is 5.33 Å². The van der Waals surface area contributed by atoms with Crippen LogP contribution in [0.2, 0.25) is 0 Å². The molecule has 0 bridgehead atoms. The van der Waals surface area contributed by atoms with Gasteiger partial charge in [-0.1, -0.05) is 48.3 Å². The monoisotopic (exact) mass is 367 g/mol. The molecule has 0 aliphatic rings. The second kappa shape index (κ2) is 8.32. The second-order valence-corrected chi connectivity index (χ2v) is 6.58. The summed E-state index contributed by atoms with van der Waals surface area (Å²) >= 11 is 3.43. The van der Waals surface area contributed by atoms with E-state index >= 15 is 0 Å². The van der Waals surface area contributed by atoms with Gasteiger partial charge in [-0.25, -0.2) is 4.79 Å². The minimum absolute atomic E-state index is 0.0580. The highest BCUT2D eigenvalue weighted by Gasteiger charge is 2.11.